The normalized spacial score (nSPS) is 14.7. The number of nitrogens with one attached hydrogen (secondary N) is 2. The second-order valence-corrected chi connectivity index (χ2v) is 8.49. The fourth-order valence-electron chi connectivity index (χ4n) is 3.70. The summed E-state index contributed by atoms with van der Waals surface area (Å²) in [6.45, 7) is 1.78. The number of piperidine rings is 1. The SMILES string of the molecule is O=C(CCCC1CCN(C(=O)CCNC(=O)c2cc3ccccc3s2)CC1)NO. The topological polar surface area (TPSA) is 98.7 Å². The average Bonchev–Trinajstić information content (AvgIpc) is 3.18. The summed E-state index contributed by atoms with van der Waals surface area (Å²) in [7, 11) is 0. The summed E-state index contributed by atoms with van der Waals surface area (Å²) in [6.07, 6.45) is 4.17. The van der Waals surface area contributed by atoms with Gasteiger partial charge in [0.1, 0.15) is 0 Å². The number of rotatable bonds is 8. The molecule has 2 aromatic rings. The van der Waals surface area contributed by atoms with Crippen molar-refractivity contribution in [2.45, 2.75) is 38.5 Å². The number of amides is 3. The fourth-order valence-corrected chi connectivity index (χ4v) is 4.68. The molecule has 2 heterocycles. The third kappa shape index (κ3) is 6.01. The summed E-state index contributed by atoms with van der Waals surface area (Å²) in [4.78, 5) is 38.3. The number of hydroxylamine groups is 1. The average molecular weight is 418 g/mol. The lowest BCUT2D eigenvalue weighted by atomic mass is 9.91. The van der Waals surface area contributed by atoms with Gasteiger partial charge in [-0.2, -0.15) is 0 Å². The molecule has 1 aromatic carbocycles. The van der Waals surface area contributed by atoms with E-state index in [0.717, 1.165) is 48.9 Å². The molecule has 1 fully saturated rings. The zero-order valence-corrected chi connectivity index (χ0v) is 17.2. The predicted octanol–water partition coefficient (Wildman–Crippen LogP) is 2.94. The van der Waals surface area contributed by atoms with Crippen LogP contribution in [0.4, 0.5) is 0 Å². The lowest BCUT2D eigenvalue weighted by Crippen LogP contribution is -2.40. The molecule has 0 atom stereocenters. The molecule has 0 spiro atoms. The van der Waals surface area contributed by atoms with Crippen LogP contribution in [0.2, 0.25) is 0 Å². The van der Waals surface area contributed by atoms with E-state index in [2.05, 4.69) is 5.32 Å². The Balaban J connectivity index is 1.34. The Hall–Kier alpha value is -2.45. The molecule has 156 valence electrons. The third-order valence-corrected chi connectivity index (χ3v) is 6.50. The summed E-state index contributed by atoms with van der Waals surface area (Å²) >= 11 is 1.46. The Morgan fingerprint density at radius 2 is 1.90 bits per heavy atom. The number of carbonyl (C=O) groups is 3. The van der Waals surface area contributed by atoms with E-state index in [1.165, 1.54) is 11.3 Å². The van der Waals surface area contributed by atoms with Gasteiger partial charge < -0.3 is 10.2 Å². The van der Waals surface area contributed by atoms with Gasteiger partial charge in [0.25, 0.3) is 5.91 Å². The van der Waals surface area contributed by atoms with E-state index in [1.54, 1.807) is 5.48 Å². The first-order valence-electron chi connectivity index (χ1n) is 10.0. The highest BCUT2D eigenvalue weighted by atomic mass is 32.1. The molecule has 29 heavy (non-hydrogen) atoms. The summed E-state index contributed by atoms with van der Waals surface area (Å²) in [5.74, 6) is 0.0953. The summed E-state index contributed by atoms with van der Waals surface area (Å²) in [5, 5.41) is 12.4. The van der Waals surface area contributed by atoms with Crippen LogP contribution in [0.5, 0.6) is 0 Å². The van der Waals surface area contributed by atoms with Crippen LogP contribution in [0.25, 0.3) is 10.1 Å². The maximum absolute atomic E-state index is 12.4. The van der Waals surface area contributed by atoms with E-state index < -0.39 is 0 Å². The molecule has 3 N–H and O–H groups in total. The van der Waals surface area contributed by atoms with Gasteiger partial charge in [-0.15, -0.1) is 11.3 Å². The van der Waals surface area contributed by atoms with Crippen LogP contribution in [0.1, 0.15) is 48.2 Å². The standard InChI is InChI=1S/C21H27N3O4S/c25-19(23-28)7-3-4-15-9-12-24(13-10-15)20(26)8-11-22-21(27)18-14-16-5-1-2-6-17(16)29-18/h1-2,5-6,14-15,28H,3-4,7-13H2,(H,22,27)(H,23,25). The van der Waals surface area contributed by atoms with Crippen LogP contribution in [-0.4, -0.2) is 47.5 Å². The van der Waals surface area contributed by atoms with Crippen molar-refractivity contribution in [1.82, 2.24) is 15.7 Å². The minimum Gasteiger partial charge on any atom is -0.351 e. The number of hydrogen-bond acceptors (Lipinski definition) is 5. The van der Waals surface area contributed by atoms with Crippen LogP contribution in [-0.2, 0) is 9.59 Å². The molecule has 0 saturated carbocycles. The van der Waals surface area contributed by atoms with Crippen LogP contribution in [0.3, 0.4) is 0 Å². The van der Waals surface area contributed by atoms with Crippen molar-refractivity contribution in [3.63, 3.8) is 0 Å². The number of fused-ring (bicyclic) bond motifs is 1. The maximum Gasteiger partial charge on any atom is 0.261 e. The number of likely N-dealkylation sites (tertiary alicyclic amines) is 1. The molecule has 1 aromatic heterocycles. The zero-order chi connectivity index (χ0) is 20.6. The Morgan fingerprint density at radius 1 is 1.14 bits per heavy atom. The van der Waals surface area contributed by atoms with Crippen molar-refractivity contribution in [2.75, 3.05) is 19.6 Å². The van der Waals surface area contributed by atoms with Gasteiger partial charge >= 0.3 is 0 Å². The van der Waals surface area contributed by atoms with Gasteiger partial charge in [0.2, 0.25) is 11.8 Å². The van der Waals surface area contributed by atoms with E-state index in [0.29, 0.717) is 30.2 Å². The smallest absolute Gasteiger partial charge is 0.261 e. The van der Waals surface area contributed by atoms with Crippen LogP contribution < -0.4 is 10.8 Å². The molecule has 0 aliphatic carbocycles. The van der Waals surface area contributed by atoms with Gasteiger partial charge in [-0.25, -0.2) is 5.48 Å². The molecule has 0 radical (unpaired) electrons. The first kappa shape index (κ1) is 21.3. The van der Waals surface area contributed by atoms with E-state index in [1.807, 2.05) is 35.2 Å². The van der Waals surface area contributed by atoms with Crippen LogP contribution in [0.15, 0.2) is 30.3 Å². The molecule has 0 unspecified atom stereocenters. The van der Waals surface area contributed by atoms with Crippen LogP contribution in [0, 0.1) is 5.92 Å². The highest BCUT2D eigenvalue weighted by Gasteiger charge is 2.22. The first-order valence-corrected chi connectivity index (χ1v) is 10.9. The van der Waals surface area contributed by atoms with Crippen molar-refractivity contribution in [2.24, 2.45) is 5.92 Å². The monoisotopic (exact) mass is 417 g/mol. The quantitative estimate of drug-likeness (QED) is 0.454. The van der Waals surface area contributed by atoms with Crippen molar-refractivity contribution in [1.29, 1.82) is 0 Å². The zero-order valence-electron chi connectivity index (χ0n) is 16.4. The number of nitrogens with zero attached hydrogens (tertiary/aromatic N) is 1. The highest BCUT2D eigenvalue weighted by Crippen LogP contribution is 2.25. The van der Waals surface area contributed by atoms with Gasteiger partial charge in [-0.05, 0) is 49.1 Å². The summed E-state index contributed by atoms with van der Waals surface area (Å²) in [6, 6.07) is 9.76. The fraction of sp³-hybridized carbons (Fsp3) is 0.476. The molecule has 1 aliphatic heterocycles. The van der Waals surface area contributed by atoms with Gasteiger partial charge in [-0.1, -0.05) is 18.2 Å². The lowest BCUT2D eigenvalue weighted by Gasteiger charge is -2.32. The first-order chi connectivity index (χ1) is 14.1. The number of thiophene rings is 1. The largest absolute Gasteiger partial charge is 0.351 e. The Morgan fingerprint density at radius 3 is 2.62 bits per heavy atom. The Bertz CT molecular complexity index is 825. The second-order valence-electron chi connectivity index (χ2n) is 7.41. The summed E-state index contributed by atoms with van der Waals surface area (Å²) in [5.41, 5.74) is 1.65. The van der Waals surface area contributed by atoms with Gasteiger partial charge in [0.15, 0.2) is 0 Å². The van der Waals surface area contributed by atoms with Crippen molar-refractivity contribution < 1.29 is 19.6 Å². The van der Waals surface area contributed by atoms with Crippen molar-refractivity contribution in [3.8, 4) is 0 Å². The summed E-state index contributed by atoms with van der Waals surface area (Å²) < 4.78 is 1.08. The highest BCUT2D eigenvalue weighted by molar-refractivity contribution is 7.20. The molecule has 3 amide bonds. The number of hydrogen-bond donors (Lipinski definition) is 3. The predicted molar refractivity (Wildman–Crippen MR) is 112 cm³/mol. The van der Waals surface area contributed by atoms with E-state index in [4.69, 9.17) is 5.21 Å². The second kappa shape index (κ2) is 10.4. The van der Waals surface area contributed by atoms with E-state index in [9.17, 15) is 14.4 Å². The lowest BCUT2D eigenvalue weighted by molar-refractivity contribution is -0.132. The number of benzene rings is 1. The van der Waals surface area contributed by atoms with Gasteiger partial charge in [-0.3, -0.25) is 19.6 Å². The van der Waals surface area contributed by atoms with Gasteiger partial charge in [0, 0.05) is 37.2 Å². The third-order valence-electron chi connectivity index (χ3n) is 5.38. The molecular formula is C21H27N3O4S. The molecule has 0 bridgehead atoms. The van der Waals surface area contributed by atoms with E-state index in [-0.39, 0.29) is 17.7 Å². The van der Waals surface area contributed by atoms with Crippen molar-refractivity contribution >= 4 is 39.1 Å². The number of carbonyl (C=O) groups excluding carboxylic acids is 3. The molecule has 7 nitrogen and oxygen atoms in total. The van der Waals surface area contributed by atoms with E-state index >= 15 is 0 Å². The minimum atomic E-state index is -0.352. The molecular weight excluding hydrogens is 390 g/mol. The molecule has 3 rings (SSSR count). The molecule has 1 aliphatic rings. The maximum atomic E-state index is 12.4. The van der Waals surface area contributed by atoms with Gasteiger partial charge in [0.05, 0.1) is 4.88 Å². The molecule has 1 saturated heterocycles. The minimum absolute atomic E-state index is 0.0692. The van der Waals surface area contributed by atoms with Crippen molar-refractivity contribution in [3.05, 3.63) is 35.2 Å². The molecule has 8 heteroatoms. The Labute approximate surface area is 174 Å². The van der Waals surface area contributed by atoms with Crippen LogP contribution >= 0.6 is 11.3 Å². The Kier molecular flexibility index (Phi) is 7.60.